The van der Waals surface area contributed by atoms with Crippen LogP contribution >= 0.6 is 23.2 Å². The number of rotatable bonds is 6. The van der Waals surface area contributed by atoms with Crippen molar-refractivity contribution < 1.29 is 62.3 Å². The molecule has 0 fully saturated rings. The maximum absolute atomic E-state index is 14.3. The SMILES string of the molecule is Cc1cc(C2=NOC(c3cc(Cl)c(F)c(Cl)c3)(C(F)(F)F)C2)ccc1C(=O)Nc1nc(C(F)(F)F)n(CC(F)(F)C(F)(F)F)n1. The average Bonchev–Trinajstić information content (AvgIpc) is 3.51. The molecule has 0 radical (unpaired) electrons. The minimum atomic E-state index is -6.22. The number of halogens is 14. The van der Waals surface area contributed by atoms with E-state index in [0.29, 0.717) is 12.1 Å². The van der Waals surface area contributed by atoms with Crippen LogP contribution in [0.3, 0.4) is 0 Å². The number of nitrogens with one attached hydrogen (secondary N) is 1. The number of carbonyl (C=O) groups is 1. The van der Waals surface area contributed by atoms with Gasteiger partial charge in [-0.15, -0.1) is 5.10 Å². The second kappa shape index (κ2) is 11.3. The highest BCUT2D eigenvalue weighted by atomic mass is 35.5. The van der Waals surface area contributed by atoms with Gasteiger partial charge < -0.3 is 4.84 Å². The Morgan fingerprint density at radius 3 is 2.11 bits per heavy atom. The molecule has 45 heavy (non-hydrogen) atoms. The van der Waals surface area contributed by atoms with Crippen molar-refractivity contribution in [2.75, 3.05) is 5.32 Å². The van der Waals surface area contributed by atoms with Crippen LogP contribution in [-0.4, -0.2) is 44.7 Å². The molecule has 2 aromatic carbocycles. The molecule has 1 aromatic heterocycles. The second-order valence-electron chi connectivity index (χ2n) is 9.49. The summed E-state index contributed by atoms with van der Waals surface area (Å²) in [4.78, 5) is 20.4. The Kier molecular flexibility index (Phi) is 8.54. The summed E-state index contributed by atoms with van der Waals surface area (Å²) in [7, 11) is 0. The van der Waals surface area contributed by atoms with E-state index < -0.39 is 86.8 Å². The highest BCUT2D eigenvalue weighted by Gasteiger charge is 2.63. The lowest BCUT2D eigenvalue weighted by Gasteiger charge is -2.29. The quantitative estimate of drug-likeness (QED) is 0.208. The first-order valence-electron chi connectivity index (χ1n) is 11.8. The highest BCUT2D eigenvalue weighted by Crippen LogP contribution is 2.50. The zero-order chi connectivity index (χ0) is 33.9. The van der Waals surface area contributed by atoms with Gasteiger partial charge in [-0.1, -0.05) is 34.4 Å². The number of benzene rings is 2. The summed E-state index contributed by atoms with van der Waals surface area (Å²) in [5, 5.41) is 6.72. The van der Waals surface area contributed by atoms with Gasteiger partial charge in [0.15, 0.2) is 5.82 Å². The van der Waals surface area contributed by atoms with Crippen LogP contribution < -0.4 is 5.32 Å². The summed E-state index contributed by atoms with van der Waals surface area (Å²) < 4.78 is 160. The average molecular weight is 702 g/mol. The van der Waals surface area contributed by atoms with E-state index >= 15 is 0 Å². The fraction of sp³-hybridized carbons (Fsp3) is 0.333. The molecule has 7 nitrogen and oxygen atoms in total. The molecule has 0 saturated carbocycles. The smallest absolute Gasteiger partial charge is 0.374 e. The fourth-order valence-corrected chi connectivity index (χ4v) is 4.59. The lowest BCUT2D eigenvalue weighted by atomic mass is 9.86. The lowest BCUT2D eigenvalue weighted by molar-refractivity contribution is -0.288. The summed E-state index contributed by atoms with van der Waals surface area (Å²) in [6.45, 7) is -1.34. The Morgan fingerprint density at radius 1 is 1.00 bits per heavy atom. The van der Waals surface area contributed by atoms with Crippen LogP contribution in [-0.2, 0) is 23.2 Å². The first kappa shape index (κ1) is 34.1. The van der Waals surface area contributed by atoms with E-state index in [4.69, 9.17) is 28.0 Å². The predicted molar refractivity (Wildman–Crippen MR) is 132 cm³/mol. The Bertz CT molecular complexity index is 1660. The lowest BCUT2D eigenvalue weighted by Crippen LogP contribution is -2.42. The maximum atomic E-state index is 14.3. The number of oxime groups is 1. The number of amides is 1. The molecule has 4 rings (SSSR count). The van der Waals surface area contributed by atoms with Crippen LogP contribution in [0.4, 0.5) is 58.6 Å². The number of anilines is 1. The van der Waals surface area contributed by atoms with E-state index in [9.17, 15) is 57.5 Å². The minimum Gasteiger partial charge on any atom is -0.374 e. The Balaban J connectivity index is 1.59. The van der Waals surface area contributed by atoms with Crippen molar-refractivity contribution in [2.24, 2.45) is 5.16 Å². The van der Waals surface area contributed by atoms with Gasteiger partial charge in [0.25, 0.3) is 11.5 Å². The van der Waals surface area contributed by atoms with Crippen LogP contribution in [0.15, 0.2) is 35.5 Å². The summed E-state index contributed by atoms with van der Waals surface area (Å²) in [6, 6.07) is 4.55. The van der Waals surface area contributed by atoms with Gasteiger partial charge in [0.1, 0.15) is 6.54 Å². The molecule has 21 heteroatoms. The molecule has 1 N–H and O–H groups in total. The predicted octanol–water partition coefficient (Wildman–Crippen LogP) is 8.08. The number of nitrogens with zero attached hydrogens (tertiary/aromatic N) is 4. The molecule has 1 atom stereocenters. The molecule has 1 aliphatic rings. The number of hydrogen-bond donors (Lipinski definition) is 1. The normalized spacial score (nSPS) is 17.7. The number of carbonyl (C=O) groups excluding carboxylic acids is 1. The van der Waals surface area contributed by atoms with Crippen LogP contribution in [0.25, 0.3) is 0 Å². The standard InChI is InChI=1S/C24H13Cl2F12N5O2/c1-9-4-10(15-7-20(45-42-15,23(33,34)35)11-5-13(25)16(27)14(26)6-11)2-3-12(9)17(44)39-19-40-18(22(30,31)32)43(41-19)8-21(28,29)24(36,37)38/h2-6H,7-8H2,1H3,(H,39,41,44). The summed E-state index contributed by atoms with van der Waals surface area (Å²) in [5.74, 6) is -11.6. The van der Waals surface area contributed by atoms with E-state index in [2.05, 4.69) is 15.2 Å². The van der Waals surface area contributed by atoms with Gasteiger partial charge in [0.05, 0.1) is 15.8 Å². The van der Waals surface area contributed by atoms with Gasteiger partial charge in [-0.2, -0.15) is 53.3 Å². The van der Waals surface area contributed by atoms with Crippen molar-refractivity contribution in [3.8, 4) is 0 Å². The summed E-state index contributed by atoms with van der Waals surface area (Å²) in [5.41, 5.74) is -4.48. The van der Waals surface area contributed by atoms with E-state index in [-0.39, 0.29) is 22.4 Å². The fourth-order valence-electron chi connectivity index (χ4n) is 4.11. The first-order chi connectivity index (χ1) is 20.5. The molecule has 244 valence electrons. The molecule has 2 heterocycles. The van der Waals surface area contributed by atoms with Gasteiger partial charge >= 0.3 is 24.5 Å². The number of aromatic nitrogens is 3. The van der Waals surface area contributed by atoms with Gasteiger partial charge in [0.2, 0.25) is 11.8 Å². The Labute approximate surface area is 252 Å². The monoisotopic (exact) mass is 701 g/mol. The molecule has 1 aliphatic heterocycles. The topological polar surface area (TPSA) is 81.4 Å². The van der Waals surface area contributed by atoms with Crippen molar-refractivity contribution in [2.45, 2.75) is 49.9 Å². The third kappa shape index (κ3) is 6.49. The summed E-state index contributed by atoms with van der Waals surface area (Å²) in [6.07, 6.45) is -17.9. The number of alkyl halides is 11. The van der Waals surface area contributed by atoms with Crippen molar-refractivity contribution in [3.63, 3.8) is 0 Å². The molecule has 0 saturated heterocycles. The van der Waals surface area contributed by atoms with Gasteiger partial charge in [-0.3, -0.25) is 10.1 Å². The van der Waals surface area contributed by atoms with E-state index in [1.54, 1.807) is 5.32 Å². The molecule has 0 aliphatic carbocycles. The van der Waals surface area contributed by atoms with Crippen molar-refractivity contribution in [1.29, 1.82) is 0 Å². The van der Waals surface area contributed by atoms with Crippen LogP contribution in [0, 0.1) is 12.7 Å². The molecular formula is C24H13Cl2F12N5O2. The first-order valence-corrected chi connectivity index (χ1v) is 12.6. The molecule has 1 amide bonds. The largest absolute Gasteiger partial charge is 0.455 e. The zero-order valence-electron chi connectivity index (χ0n) is 21.7. The molecule has 0 bridgehead atoms. The van der Waals surface area contributed by atoms with Crippen LogP contribution in [0.5, 0.6) is 0 Å². The highest BCUT2D eigenvalue weighted by molar-refractivity contribution is 6.35. The van der Waals surface area contributed by atoms with Crippen molar-refractivity contribution in [1.82, 2.24) is 14.8 Å². The zero-order valence-corrected chi connectivity index (χ0v) is 23.2. The third-order valence-electron chi connectivity index (χ3n) is 6.35. The molecule has 3 aromatic rings. The molecular weight excluding hydrogens is 689 g/mol. The minimum absolute atomic E-state index is 0.0100. The molecule has 1 unspecified atom stereocenters. The van der Waals surface area contributed by atoms with E-state index in [0.717, 1.165) is 18.2 Å². The Morgan fingerprint density at radius 2 is 1.60 bits per heavy atom. The van der Waals surface area contributed by atoms with Gasteiger partial charge in [-0.25, -0.2) is 9.07 Å². The van der Waals surface area contributed by atoms with Crippen molar-refractivity contribution >= 4 is 40.8 Å². The Hall–Kier alpha value is -3.74. The van der Waals surface area contributed by atoms with Crippen LogP contribution in [0.1, 0.15) is 39.3 Å². The van der Waals surface area contributed by atoms with E-state index in [1.165, 1.54) is 6.92 Å². The maximum Gasteiger partial charge on any atom is 0.455 e. The number of hydrogen-bond acceptors (Lipinski definition) is 5. The number of aryl methyl sites for hydroxylation is 1. The second-order valence-corrected chi connectivity index (χ2v) is 10.3. The molecule has 0 spiro atoms. The van der Waals surface area contributed by atoms with E-state index in [1.807, 2.05) is 0 Å². The van der Waals surface area contributed by atoms with Gasteiger partial charge in [-0.05, 0) is 42.3 Å². The summed E-state index contributed by atoms with van der Waals surface area (Å²) >= 11 is 11.3. The van der Waals surface area contributed by atoms with Crippen molar-refractivity contribution in [3.05, 3.63) is 74.3 Å². The van der Waals surface area contributed by atoms with Crippen LogP contribution in [0.2, 0.25) is 10.0 Å². The van der Waals surface area contributed by atoms with Gasteiger partial charge in [0, 0.05) is 17.5 Å². The third-order valence-corrected chi connectivity index (χ3v) is 6.90.